The first-order valence-electron chi connectivity index (χ1n) is 4.94. The van der Waals surface area contributed by atoms with Crippen LogP contribution in [0.5, 0.6) is 0 Å². The quantitative estimate of drug-likeness (QED) is 0.499. The smallest absolute Gasteiger partial charge is 0.104 e. The molecule has 0 heterocycles. The maximum absolute atomic E-state index is 5.88. The molecule has 1 saturated carbocycles. The van der Waals surface area contributed by atoms with Crippen LogP contribution in [0.1, 0.15) is 12.8 Å². The summed E-state index contributed by atoms with van der Waals surface area (Å²) in [7, 11) is 0. The average Bonchev–Trinajstić information content (AvgIpc) is 2.99. The molecule has 1 fully saturated rings. The van der Waals surface area contributed by atoms with Crippen LogP contribution in [-0.4, -0.2) is 17.6 Å². The van der Waals surface area contributed by atoms with Gasteiger partial charge in [-0.1, -0.05) is 17.7 Å². The van der Waals surface area contributed by atoms with Gasteiger partial charge in [-0.25, -0.2) is 0 Å². The van der Waals surface area contributed by atoms with Crippen molar-refractivity contribution in [2.45, 2.75) is 23.8 Å². The molecule has 0 unspecified atom stereocenters. The summed E-state index contributed by atoms with van der Waals surface area (Å²) >= 11 is 7.55. The molecule has 0 aromatic heterocycles. The van der Waals surface area contributed by atoms with Crippen molar-refractivity contribution < 1.29 is 0 Å². The minimum atomic E-state index is 0.505. The second-order valence-corrected chi connectivity index (χ2v) is 5.08. The van der Waals surface area contributed by atoms with Gasteiger partial charge in [0, 0.05) is 9.92 Å². The van der Waals surface area contributed by atoms with Crippen molar-refractivity contribution in [2.75, 3.05) is 5.75 Å². The van der Waals surface area contributed by atoms with Crippen molar-refractivity contribution >= 4 is 29.2 Å². The predicted octanol–water partition coefficient (Wildman–Crippen LogP) is 2.95. The zero-order chi connectivity index (χ0) is 10.7. The fourth-order valence-corrected chi connectivity index (χ4v) is 2.22. The summed E-state index contributed by atoms with van der Waals surface area (Å²) in [5, 5.41) is 0.762. The summed E-state index contributed by atoms with van der Waals surface area (Å²) < 4.78 is 0. The minimum Gasteiger partial charge on any atom is -0.387 e. The normalized spacial score (nSPS) is 16.7. The molecule has 2 rings (SSSR count). The summed E-state index contributed by atoms with van der Waals surface area (Å²) in [5.41, 5.74) is 5.80. The van der Waals surface area contributed by atoms with E-state index in [0.29, 0.717) is 6.04 Å². The zero-order valence-corrected chi connectivity index (χ0v) is 9.89. The second-order valence-electron chi connectivity index (χ2n) is 3.60. The van der Waals surface area contributed by atoms with Gasteiger partial charge in [-0.2, -0.15) is 0 Å². The number of rotatable bonds is 4. The van der Waals surface area contributed by atoms with Crippen LogP contribution >= 0.6 is 23.4 Å². The maximum atomic E-state index is 5.88. The number of nitrogens with zero attached hydrogens (tertiary/aromatic N) is 1. The highest BCUT2D eigenvalue weighted by Crippen LogP contribution is 2.25. The molecule has 0 amide bonds. The van der Waals surface area contributed by atoms with E-state index < -0.39 is 0 Å². The second kappa shape index (κ2) is 4.90. The van der Waals surface area contributed by atoms with E-state index in [1.54, 1.807) is 11.8 Å². The van der Waals surface area contributed by atoms with Crippen molar-refractivity contribution in [3.05, 3.63) is 29.3 Å². The van der Waals surface area contributed by atoms with Gasteiger partial charge in [-0.15, -0.1) is 11.8 Å². The largest absolute Gasteiger partial charge is 0.387 e. The van der Waals surface area contributed by atoms with Gasteiger partial charge in [0.05, 0.1) is 11.8 Å². The van der Waals surface area contributed by atoms with Gasteiger partial charge in [-0.3, -0.25) is 4.99 Å². The molecule has 4 heteroatoms. The number of benzene rings is 1. The molecule has 0 bridgehead atoms. The van der Waals surface area contributed by atoms with Gasteiger partial charge in [0.25, 0.3) is 0 Å². The first-order valence-corrected chi connectivity index (χ1v) is 6.31. The molecule has 1 aromatic rings. The average molecular weight is 241 g/mol. The highest BCUT2D eigenvalue weighted by atomic mass is 35.5. The Kier molecular flexibility index (Phi) is 3.54. The third kappa shape index (κ3) is 3.76. The van der Waals surface area contributed by atoms with Crippen LogP contribution in [0.25, 0.3) is 0 Å². The molecule has 0 atom stereocenters. The van der Waals surface area contributed by atoms with Crippen molar-refractivity contribution in [2.24, 2.45) is 10.7 Å². The van der Waals surface area contributed by atoms with Crippen molar-refractivity contribution in [3.8, 4) is 0 Å². The van der Waals surface area contributed by atoms with Crippen LogP contribution in [0.4, 0.5) is 0 Å². The Morgan fingerprint density at radius 1 is 1.53 bits per heavy atom. The number of thioether (sulfide) groups is 1. The maximum Gasteiger partial charge on any atom is 0.104 e. The van der Waals surface area contributed by atoms with E-state index in [1.807, 2.05) is 24.3 Å². The van der Waals surface area contributed by atoms with E-state index >= 15 is 0 Å². The van der Waals surface area contributed by atoms with Gasteiger partial charge in [0.1, 0.15) is 5.84 Å². The van der Waals surface area contributed by atoms with Crippen LogP contribution < -0.4 is 5.73 Å². The monoisotopic (exact) mass is 240 g/mol. The van der Waals surface area contributed by atoms with Crippen molar-refractivity contribution in [1.29, 1.82) is 0 Å². The Balaban J connectivity index is 1.86. The Morgan fingerprint density at radius 3 is 3.00 bits per heavy atom. The molecule has 15 heavy (non-hydrogen) atoms. The predicted molar refractivity (Wildman–Crippen MR) is 66.8 cm³/mol. The third-order valence-corrected chi connectivity index (χ3v) is 3.34. The molecule has 2 nitrogen and oxygen atoms in total. The fourth-order valence-electron chi connectivity index (χ4n) is 1.19. The van der Waals surface area contributed by atoms with E-state index in [-0.39, 0.29) is 0 Å². The molecule has 2 N–H and O–H groups in total. The molecule has 1 aromatic carbocycles. The molecule has 80 valence electrons. The molecule has 0 saturated heterocycles. The Bertz CT molecular complexity index is 375. The van der Waals surface area contributed by atoms with Crippen molar-refractivity contribution in [1.82, 2.24) is 0 Å². The molecule has 0 aliphatic heterocycles. The lowest BCUT2D eigenvalue weighted by Gasteiger charge is -2.01. The number of hydrogen-bond donors (Lipinski definition) is 1. The van der Waals surface area contributed by atoms with Crippen molar-refractivity contribution in [3.63, 3.8) is 0 Å². The summed E-state index contributed by atoms with van der Waals surface area (Å²) in [5.74, 6) is 1.49. The van der Waals surface area contributed by atoms with E-state index in [9.17, 15) is 0 Å². The standard InChI is InChI=1S/C11H13ClN2S/c12-8-2-1-3-10(6-8)15-7-11(13)14-9-4-5-9/h1-3,6,9H,4-5,7H2,(H2,13,14). The third-order valence-electron chi connectivity index (χ3n) is 2.08. The van der Waals surface area contributed by atoms with Gasteiger partial charge < -0.3 is 5.73 Å². The Labute approximate surface area is 98.9 Å². The first kappa shape index (κ1) is 10.8. The summed E-state index contributed by atoms with van der Waals surface area (Å²) in [4.78, 5) is 5.50. The molecule has 0 radical (unpaired) electrons. The number of hydrogen-bond acceptors (Lipinski definition) is 2. The van der Waals surface area contributed by atoms with Crippen LogP contribution in [0.3, 0.4) is 0 Å². The minimum absolute atomic E-state index is 0.505. The summed E-state index contributed by atoms with van der Waals surface area (Å²) in [6, 6.07) is 8.29. The molecule has 1 aliphatic carbocycles. The molecular weight excluding hydrogens is 228 g/mol. The highest BCUT2D eigenvalue weighted by Gasteiger charge is 2.20. The lowest BCUT2D eigenvalue weighted by molar-refractivity contribution is 1.06. The SMILES string of the molecule is NC(CSc1cccc(Cl)c1)=NC1CC1. The molecule has 1 aliphatic rings. The van der Waals surface area contributed by atoms with Gasteiger partial charge in [0.2, 0.25) is 0 Å². The number of amidine groups is 1. The van der Waals surface area contributed by atoms with Gasteiger partial charge in [-0.05, 0) is 31.0 Å². The Morgan fingerprint density at radius 2 is 2.33 bits per heavy atom. The Hall–Kier alpha value is -0.670. The lowest BCUT2D eigenvalue weighted by Crippen LogP contribution is -2.15. The van der Waals surface area contributed by atoms with Crippen LogP contribution in [0.2, 0.25) is 5.02 Å². The van der Waals surface area contributed by atoms with Crippen LogP contribution in [0, 0.1) is 0 Å². The summed E-state index contributed by atoms with van der Waals surface area (Å²) in [6.07, 6.45) is 2.39. The topological polar surface area (TPSA) is 38.4 Å². The number of halogens is 1. The number of nitrogens with two attached hydrogens (primary N) is 1. The van der Waals surface area contributed by atoms with Gasteiger partial charge in [0.15, 0.2) is 0 Å². The molecular formula is C11H13ClN2S. The fraction of sp³-hybridized carbons (Fsp3) is 0.364. The molecule has 0 spiro atoms. The van der Waals surface area contributed by atoms with Gasteiger partial charge >= 0.3 is 0 Å². The zero-order valence-electron chi connectivity index (χ0n) is 8.32. The van der Waals surface area contributed by atoms with Crippen LogP contribution in [-0.2, 0) is 0 Å². The first-order chi connectivity index (χ1) is 7.24. The summed E-state index contributed by atoms with van der Waals surface area (Å²) in [6.45, 7) is 0. The van der Waals surface area contributed by atoms with E-state index in [4.69, 9.17) is 17.3 Å². The van der Waals surface area contributed by atoms with Crippen LogP contribution in [0.15, 0.2) is 34.2 Å². The van der Waals surface area contributed by atoms with E-state index in [0.717, 1.165) is 21.5 Å². The lowest BCUT2D eigenvalue weighted by atomic mass is 10.4. The van der Waals surface area contributed by atoms with E-state index in [2.05, 4.69) is 4.99 Å². The highest BCUT2D eigenvalue weighted by molar-refractivity contribution is 8.00. The number of aliphatic imine (C=N–C) groups is 1. The van der Waals surface area contributed by atoms with E-state index in [1.165, 1.54) is 12.8 Å².